The SMILES string of the molecule is Brc1cnn(CCCCN2CCN(C(c3ccccc3)c3ccccc3)CC2)c1. The number of piperazine rings is 1. The number of rotatable bonds is 8. The van der Waals surface area contributed by atoms with Crippen LogP contribution < -0.4 is 0 Å². The maximum absolute atomic E-state index is 4.34. The number of nitrogens with zero attached hydrogens (tertiary/aromatic N) is 4. The molecule has 1 aliphatic rings. The molecule has 0 unspecified atom stereocenters. The lowest BCUT2D eigenvalue weighted by molar-refractivity contribution is 0.108. The van der Waals surface area contributed by atoms with Crippen molar-refractivity contribution < 1.29 is 0 Å². The zero-order chi connectivity index (χ0) is 19.9. The van der Waals surface area contributed by atoms with Crippen molar-refractivity contribution in [3.8, 4) is 0 Å². The van der Waals surface area contributed by atoms with Gasteiger partial charge in [0.05, 0.1) is 16.7 Å². The third kappa shape index (κ3) is 5.56. The van der Waals surface area contributed by atoms with Crippen molar-refractivity contribution in [1.82, 2.24) is 19.6 Å². The molecule has 0 aliphatic carbocycles. The fourth-order valence-electron chi connectivity index (χ4n) is 4.20. The van der Waals surface area contributed by atoms with Crippen LogP contribution in [0.25, 0.3) is 0 Å². The summed E-state index contributed by atoms with van der Waals surface area (Å²) in [5.74, 6) is 0. The molecule has 152 valence electrons. The second-order valence-electron chi connectivity index (χ2n) is 7.73. The molecule has 0 radical (unpaired) electrons. The van der Waals surface area contributed by atoms with E-state index in [2.05, 4.69) is 91.5 Å². The Hall–Kier alpha value is -1.95. The van der Waals surface area contributed by atoms with Gasteiger partial charge in [-0.05, 0) is 46.4 Å². The Morgan fingerprint density at radius 1 is 0.793 bits per heavy atom. The van der Waals surface area contributed by atoms with Gasteiger partial charge >= 0.3 is 0 Å². The summed E-state index contributed by atoms with van der Waals surface area (Å²) < 4.78 is 3.08. The first kappa shape index (κ1) is 20.3. The second kappa shape index (κ2) is 10.2. The summed E-state index contributed by atoms with van der Waals surface area (Å²) in [5.41, 5.74) is 2.77. The van der Waals surface area contributed by atoms with Gasteiger partial charge in [-0.25, -0.2) is 0 Å². The quantitative estimate of drug-likeness (QED) is 0.457. The highest BCUT2D eigenvalue weighted by Gasteiger charge is 2.25. The first-order chi connectivity index (χ1) is 14.3. The van der Waals surface area contributed by atoms with Crippen LogP contribution in [0.5, 0.6) is 0 Å². The first-order valence-electron chi connectivity index (χ1n) is 10.5. The Balaban J connectivity index is 1.30. The summed E-state index contributed by atoms with van der Waals surface area (Å²) in [6.07, 6.45) is 6.30. The number of unbranched alkanes of at least 4 members (excludes halogenated alkanes) is 1. The number of hydrogen-bond acceptors (Lipinski definition) is 3. The predicted octanol–water partition coefficient (Wildman–Crippen LogP) is 4.83. The van der Waals surface area contributed by atoms with E-state index in [0.29, 0.717) is 6.04 Å². The summed E-state index contributed by atoms with van der Waals surface area (Å²) in [6.45, 7) is 6.68. The largest absolute Gasteiger partial charge is 0.301 e. The Bertz CT molecular complexity index is 817. The van der Waals surface area contributed by atoms with Crippen molar-refractivity contribution in [3.05, 3.63) is 88.7 Å². The van der Waals surface area contributed by atoms with Gasteiger partial charge in [-0.2, -0.15) is 5.10 Å². The highest BCUT2D eigenvalue weighted by atomic mass is 79.9. The number of benzene rings is 2. The van der Waals surface area contributed by atoms with Gasteiger partial charge in [0.15, 0.2) is 0 Å². The van der Waals surface area contributed by atoms with Crippen molar-refractivity contribution in [2.75, 3.05) is 32.7 Å². The molecular weight excluding hydrogens is 424 g/mol. The van der Waals surface area contributed by atoms with E-state index in [1.807, 2.05) is 17.1 Å². The van der Waals surface area contributed by atoms with Crippen LogP contribution in [0.2, 0.25) is 0 Å². The van der Waals surface area contributed by atoms with Crippen LogP contribution in [-0.2, 0) is 6.54 Å². The van der Waals surface area contributed by atoms with E-state index in [1.165, 1.54) is 30.5 Å². The van der Waals surface area contributed by atoms with Crippen LogP contribution in [0.15, 0.2) is 77.5 Å². The van der Waals surface area contributed by atoms with Gasteiger partial charge in [0.25, 0.3) is 0 Å². The molecular formula is C24H29BrN4. The van der Waals surface area contributed by atoms with E-state index in [1.54, 1.807) is 0 Å². The topological polar surface area (TPSA) is 24.3 Å². The molecule has 0 saturated carbocycles. The normalized spacial score (nSPS) is 15.8. The van der Waals surface area contributed by atoms with Crippen molar-refractivity contribution in [1.29, 1.82) is 0 Å². The van der Waals surface area contributed by atoms with Gasteiger partial charge in [0.2, 0.25) is 0 Å². The molecule has 0 atom stereocenters. The molecule has 4 rings (SSSR count). The molecule has 0 N–H and O–H groups in total. The number of hydrogen-bond donors (Lipinski definition) is 0. The average molecular weight is 453 g/mol. The molecule has 2 aromatic carbocycles. The highest BCUT2D eigenvalue weighted by Crippen LogP contribution is 2.29. The summed E-state index contributed by atoms with van der Waals surface area (Å²) in [7, 11) is 0. The van der Waals surface area contributed by atoms with Crippen molar-refractivity contribution in [2.45, 2.75) is 25.4 Å². The summed E-state index contributed by atoms with van der Waals surface area (Å²) >= 11 is 3.46. The fraction of sp³-hybridized carbons (Fsp3) is 0.375. The van der Waals surface area contributed by atoms with E-state index in [4.69, 9.17) is 0 Å². The molecule has 29 heavy (non-hydrogen) atoms. The number of halogens is 1. The monoisotopic (exact) mass is 452 g/mol. The molecule has 1 fully saturated rings. The van der Waals surface area contributed by atoms with E-state index in [9.17, 15) is 0 Å². The molecule has 1 aliphatic heterocycles. The van der Waals surface area contributed by atoms with Crippen LogP contribution in [0, 0.1) is 0 Å². The Kier molecular flexibility index (Phi) is 7.14. The Labute approximate surface area is 182 Å². The van der Waals surface area contributed by atoms with Crippen LogP contribution in [-0.4, -0.2) is 52.3 Å². The van der Waals surface area contributed by atoms with Gasteiger partial charge in [-0.3, -0.25) is 9.58 Å². The average Bonchev–Trinajstić information content (AvgIpc) is 3.19. The molecule has 0 bridgehead atoms. The zero-order valence-corrected chi connectivity index (χ0v) is 18.4. The summed E-state index contributed by atoms with van der Waals surface area (Å²) in [4.78, 5) is 5.25. The van der Waals surface area contributed by atoms with E-state index < -0.39 is 0 Å². The highest BCUT2D eigenvalue weighted by molar-refractivity contribution is 9.10. The lowest BCUT2D eigenvalue weighted by Crippen LogP contribution is -2.48. The van der Waals surface area contributed by atoms with Crippen LogP contribution in [0.4, 0.5) is 0 Å². The minimum Gasteiger partial charge on any atom is -0.301 e. The van der Waals surface area contributed by atoms with E-state index >= 15 is 0 Å². The first-order valence-corrected chi connectivity index (χ1v) is 11.3. The van der Waals surface area contributed by atoms with Crippen molar-refractivity contribution in [2.24, 2.45) is 0 Å². The third-order valence-electron chi connectivity index (χ3n) is 5.72. The van der Waals surface area contributed by atoms with Gasteiger partial charge in [-0.15, -0.1) is 0 Å². The van der Waals surface area contributed by atoms with Gasteiger partial charge in [-0.1, -0.05) is 60.7 Å². The second-order valence-corrected chi connectivity index (χ2v) is 8.65. The van der Waals surface area contributed by atoms with Crippen molar-refractivity contribution in [3.63, 3.8) is 0 Å². The minimum absolute atomic E-state index is 0.345. The minimum atomic E-state index is 0.345. The smallest absolute Gasteiger partial charge is 0.0632 e. The zero-order valence-electron chi connectivity index (χ0n) is 16.8. The van der Waals surface area contributed by atoms with Gasteiger partial charge in [0.1, 0.15) is 0 Å². The lowest BCUT2D eigenvalue weighted by Gasteiger charge is -2.39. The molecule has 0 amide bonds. The Morgan fingerprint density at radius 2 is 1.38 bits per heavy atom. The number of aromatic nitrogens is 2. The molecule has 4 nitrogen and oxygen atoms in total. The van der Waals surface area contributed by atoms with Crippen LogP contribution in [0.3, 0.4) is 0 Å². The van der Waals surface area contributed by atoms with Crippen LogP contribution >= 0.6 is 15.9 Å². The van der Waals surface area contributed by atoms with E-state index in [0.717, 1.165) is 37.2 Å². The molecule has 3 aromatic rings. The maximum atomic E-state index is 4.34. The lowest BCUT2D eigenvalue weighted by atomic mass is 9.96. The summed E-state index contributed by atoms with van der Waals surface area (Å²) in [5, 5.41) is 4.34. The van der Waals surface area contributed by atoms with Crippen LogP contribution in [0.1, 0.15) is 30.0 Å². The molecule has 0 spiro atoms. The van der Waals surface area contributed by atoms with Gasteiger partial charge < -0.3 is 4.90 Å². The standard InChI is InChI=1S/C24H29BrN4/c25-23-19-26-29(20-23)14-8-7-13-27-15-17-28(18-16-27)24(21-9-3-1-4-10-21)22-11-5-2-6-12-22/h1-6,9-12,19-20,24H,7-8,13-18H2. The molecule has 5 heteroatoms. The number of aryl methyl sites for hydroxylation is 1. The summed E-state index contributed by atoms with van der Waals surface area (Å²) in [6, 6.07) is 22.2. The van der Waals surface area contributed by atoms with Gasteiger partial charge in [0, 0.05) is 38.9 Å². The maximum Gasteiger partial charge on any atom is 0.0632 e. The van der Waals surface area contributed by atoms with Crippen molar-refractivity contribution >= 4 is 15.9 Å². The molecule has 1 aromatic heterocycles. The fourth-order valence-corrected chi connectivity index (χ4v) is 4.53. The molecule has 1 saturated heterocycles. The molecule has 2 heterocycles. The predicted molar refractivity (Wildman–Crippen MR) is 122 cm³/mol. The Morgan fingerprint density at radius 3 is 1.93 bits per heavy atom. The third-order valence-corrected chi connectivity index (χ3v) is 6.13. The van der Waals surface area contributed by atoms with E-state index in [-0.39, 0.29) is 0 Å².